The van der Waals surface area contributed by atoms with Crippen molar-refractivity contribution < 1.29 is 19.1 Å². The molecule has 0 aliphatic carbocycles. The van der Waals surface area contributed by atoms with Crippen molar-refractivity contribution in [3.63, 3.8) is 0 Å². The number of carbonyl (C=O) groups excluding carboxylic acids is 2. The highest BCUT2D eigenvalue weighted by molar-refractivity contribution is 5.73. The molecule has 0 spiro atoms. The van der Waals surface area contributed by atoms with Gasteiger partial charge in [0.15, 0.2) is 0 Å². The van der Waals surface area contributed by atoms with E-state index in [2.05, 4.69) is 0 Å². The molecule has 0 bridgehead atoms. The Morgan fingerprint density at radius 2 is 1.56 bits per heavy atom. The van der Waals surface area contributed by atoms with Crippen LogP contribution in [0.2, 0.25) is 0 Å². The van der Waals surface area contributed by atoms with Crippen LogP contribution in [0.3, 0.4) is 0 Å². The smallest absolute Gasteiger partial charge is 0.306 e. The predicted molar refractivity (Wildman–Crippen MR) is 70.1 cm³/mol. The van der Waals surface area contributed by atoms with Crippen LogP contribution in [0.4, 0.5) is 0 Å². The van der Waals surface area contributed by atoms with E-state index >= 15 is 0 Å². The average Bonchev–Trinajstić information content (AvgIpc) is 2.12. The zero-order valence-electron chi connectivity index (χ0n) is 12.4. The zero-order valence-corrected chi connectivity index (χ0v) is 12.4. The first-order valence-corrected chi connectivity index (χ1v) is 6.55. The van der Waals surface area contributed by atoms with Crippen LogP contribution in [0.15, 0.2) is 0 Å². The molecule has 106 valence electrons. The van der Waals surface area contributed by atoms with Crippen LogP contribution in [0.5, 0.6) is 0 Å². The summed E-state index contributed by atoms with van der Waals surface area (Å²) in [5.74, 6) is -0.580. The first-order valence-electron chi connectivity index (χ1n) is 6.55. The van der Waals surface area contributed by atoms with E-state index in [9.17, 15) is 9.59 Å². The lowest BCUT2D eigenvalue weighted by molar-refractivity contribution is -0.156. The first-order chi connectivity index (χ1) is 8.14. The fourth-order valence-electron chi connectivity index (χ4n) is 1.38. The number of esters is 2. The van der Waals surface area contributed by atoms with E-state index in [4.69, 9.17) is 9.47 Å². The lowest BCUT2D eigenvalue weighted by atomic mass is 10.0. The summed E-state index contributed by atoms with van der Waals surface area (Å²) >= 11 is 0. The van der Waals surface area contributed by atoms with Crippen LogP contribution in [-0.4, -0.2) is 23.6 Å². The second-order valence-electron chi connectivity index (χ2n) is 5.81. The van der Waals surface area contributed by atoms with Gasteiger partial charge in [0.2, 0.25) is 0 Å². The van der Waals surface area contributed by atoms with E-state index in [0.717, 1.165) is 6.42 Å². The summed E-state index contributed by atoms with van der Waals surface area (Å²) < 4.78 is 10.4. The third-order valence-corrected chi connectivity index (χ3v) is 2.36. The Balaban J connectivity index is 4.00. The van der Waals surface area contributed by atoms with Crippen LogP contribution in [0.1, 0.15) is 60.8 Å². The number of hydrogen-bond donors (Lipinski definition) is 0. The Kier molecular flexibility index (Phi) is 6.96. The summed E-state index contributed by atoms with van der Waals surface area (Å²) in [6.45, 7) is 11.1. The van der Waals surface area contributed by atoms with Gasteiger partial charge in [-0.15, -0.1) is 0 Å². The SMILES string of the molecule is CCC(C)OC(=O)CC(C)CC(=O)OC(C)(C)C. The van der Waals surface area contributed by atoms with Gasteiger partial charge in [0.25, 0.3) is 0 Å². The van der Waals surface area contributed by atoms with E-state index in [1.54, 1.807) is 0 Å². The van der Waals surface area contributed by atoms with Crippen LogP contribution in [-0.2, 0) is 19.1 Å². The fraction of sp³-hybridized carbons (Fsp3) is 0.857. The molecule has 0 radical (unpaired) electrons. The minimum atomic E-state index is -0.478. The molecular weight excluding hydrogens is 232 g/mol. The number of hydrogen-bond acceptors (Lipinski definition) is 4. The largest absolute Gasteiger partial charge is 0.463 e. The van der Waals surface area contributed by atoms with Crippen LogP contribution in [0, 0.1) is 5.92 Å². The number of rotatable bonds is 6. The second kappa shape index (κ2) is 7.39. The molecule has 0 aliphatic heterocycles. The Hall–Kier alpha value is -1.06. The molecule has 4 heteroatoms. The second-order valence-corrected chi connectivity index (χ2v) is 5.81. The van der Waals surface area contributed by atoms with Crippen molar-refractivity contribution in [1.29, 1.82) is 0 Å². The molecule has 0 aromatic carbocycles. The standard InChI is InChI=1S/C14H26O4/c1-7-11(3)17-12(15)8-10(2)9-13(16)18-14(4,5)6/h10-11H,7-9H2,1-6H3. The maximum Gasteiger partial charge on any atom is 0.306 e. The molecule has 2 atom stereocenters. The molecule has 0 fully saturated rings. The molecule has 0 saturated heterocycles. The van der Waals surface area contributed by atoms with Crippen molar-refractivity contribution in [3.05, 3.63) is 0 Å². The quantitative estimate of drug-likeness (QED) is 0.687. The molecule has 0 aromatic rings. The van der Waals surface area contributed by atoms with E-state index in [1.807, 2.05) is 41.5 Å². The maximum atomic E-state index is 11.6. The van der Waals surface area contributed by atoms with E-state index in [1.165, 1.54) is 0 Å². The molecule has 0 rings (SSSR count). The van der Waals surface area contributed by atoms with Gasteiger partial charge in [-0.3, -0.25) is 9.59 Å². The van der Waals surface area contributed by atoms with E-state index < -0.39 is 5.60 Å². The minimum absolute atomic E-state index is 0.0589. The van der Waals surface area contributed by atoms with Gasteiger partial charge in [0.05, 0.1) is 6.10 Å². The summed E-state index contributed by atoms with van der Waals surface area (Å²) in [7, 11) is 0. The van der Waals surface area contributed by atoms with Gasteiger partial charge < -0.3 is 9.47 Å². The van der Waals surface area contributed by atoms with Crippen LogP contribution >= 0.6 is 0 Å². The third-order valence-electron chi connectivity index (χ3n) is 2.36. The van der Waals surface area contributed by atoms with Gasteiger partial charge >= 0.3 is 11.9 Å². The minimum Gasteiger partial charge on any atom is -0.463 e. The molecule has 0 amide bonds. The van der Waals surface area contributed by atoms with Crippen molar-refractivity contribution in [2.24, 2.45) is 5.92 Å². The molecule has 0 aliphatic rings. The Morgan fingerprint density at radius 3 is 2.00 bits per heavy atom. The molecule has 4 nitrogen and oxygen atoms in total. The average molecular weight is 258 g/mol. The van der Waals surface area contributed by atoms with Gasteiger partial charge in [0.1, 0.15) is 5.60 Å². The summed E-state index contributed by atoms with van der Waals surface area (Å²) in [5.41, 5.74) is -0.478. The lowest BCUT2D eigenvalue weighted by Crippen LogP contribution is -2.25. The van der Waals surface area contributed by atoms with Crippen molar-refractivity contribution >= 4 is 11.9 Å². The summed E-state index contributed by atoms with van der Waals surface area (Å²) in [6.07, 6.45) is 1.23. The number of ether oxygens (including phenoxy) is 2. The maximum absolute atomic E-state index is 11.6. The topological polar surface area (TPSA) is 52.6 Å². The molecule has 0 heterocycles. The van der Waals surface area contributed by atoms with E-state index in [0.29, 0.717) is 0 Å². The van der Waals surface area contributed by atoms with Gasteiger partial charge in [-0.25, -0.2) is 0 Å². The van der Waals surface area contributed by atoms with Crippen molar-refractivity contribution in [2.75, 3.05) is 0 Å². The van der Waals surface area contributed by atoms with Gasteiger partial charge in [0, 0.05) is 12.8 Å². The van der Waals surface area contributed by atoms with Crippen molar-refractivity contribution in [3.8, 4) is 0 Å². The monoisotopic (exact) mass is 258 g/mol. The summed E-state index contributed by atoms with van der Waals surface area (Å²) in [5, 5.41) is 0. The van der Waals surface area contributed by atoms with Gasteiger partial charge in [-0.2, -0.15) is 0 Å². The summed E-state index contributed by atoms with van der Waals surface area (Å²) in [6, 6.07) is 0. The van der Waals surface area contributed by atoms with Gasteiger partial charge in [-0.1, -0.05) is 13.8 Å². The fourth-order valence-corrected chi connectivity index (χ4v) is 1.38. The first kappa shape index (κ1) is 16.9. The Morgan fingerprint density at radius 1 is 1.06 bits per heavy atom. The molecule has 0 aromatic heterocycles. The van der Waals surface area contributed by atoms with Crippen molar-refractivity contribution in [1.82, 2.24) is 0 Å². The molecule has 0 saturated carbocycles. The molecular formula is C14H26O4. The highest BCUT2D eigenvalue weighted by Crippen LogP contribution is 2.15. The highest BCUT2D eigenvalue weighted by Gasteiger charge is 2.20. The van der Waals surface area contributed by atoms with Gasteiger partial charge in [-0.05, 0) is 40.0 Å². The normalized spacial score (nSPS) is 14.8. The highest BCUT2D eigenvalue weighted by atomic mass is 16.6. The van der Waals surface area contributed by atoms with Crippen LogP contribution < -0.4 is 0 Å². The molecule has 18 heavy (non-hydrogen) atoms. The summed E-state index contributed by atoms with van der Waals surface area (Å²) in [4.78, 5) is 23.1. The lowest BCUT2D eigenvalue weighted by Gasteiger charge is -2.21. The third kappa shape index (κ3) is 9.02. The number of carbonyl (C=O) groups is 2. The molecule has 0 N–H and O–H groups in total. The Bertz CT molecular complexity index is 278. The van der Waals surface area contributed by atoms with E-state index in [-0.39, 0.29) is 36.8 Å². The molecule has 2 unspecified atom stereocenters. The van der Waals surface area contributed by atoms with Crippen molar-refractivity contribution in [2.45, 2.75) is 72.5 Å². The predicted octanol–water partition coefficient (Wildman–Crippen LogP) is 3.09. The van der Waals surface area contributed by atoms with Crippen LogP contribution in [0.25, 0.3) is 0 Å². The zero-order chi connectivity index (χ0) is 14.3. The Labute approximate surface area is 110 Å².